The molecular weight excluding hydrogens is 266 g/mol. The second kappa shape index (κ2) is 6.89. The number of halogens is 4. The Morgan fingerprint density at radius 3 is 2.35 bits per heavy atom. The smallest absolute Gasteiger partial charge is 0.465 e. The van der Waals surface area contributed by atoms with E-state index in [1.165, 1.54) is 0 Å². The minimum absolute atomic E-state index is 0. The monoisotopic (exact) mass is 274 g/mol. The van der Waals surface area contributed by atoms with Gasteiger partial charge in [-0.3, -0.25) is 0 Å². The number of hydrogen-bond donors (Lipinski definition) is 0. The van der Waals surface area contributed by atoms with Gasteiger partial charge in [-0.2, -0.15) is 0 Å². The minimum Gasteiger partial charge on any atom is -0.465 e. The maximum absolute atomic E-state index is 13.2. The summed E-state index contributed by atoms with van der Waals surface area (Å²) in [5.74, 6) is -1.84. The summed E-state index contributed by atoms with van der Waals surface area (Å²) in [6.07, 6.45) is -1.30. The van der Waals surface area contributed by atoms with Crippen LogP contribution in [0, 0.1) is 5.82 Å². The van der Waals surface area contributed by atoms with E-state index in [4.69, 9.17) is 0 Å². The van der Waals surface area contributed by atoms with Crippen molar-refractivity contribution in [3.63, 3.8) is 0 Å². The standard InChI is InChI=1S/C9H8BF4O2.K/c1-16-9(15)6-2-3-7(8(11)4-6)5-10(12,13)14;/h2-4H,5H2,1H3;/q-1;+1. The molecule has 1 rings (SSSR count). The topological polar surface area (TPSA) is 26.3 Å². The van der Waals surface area contributed by atoms with Crippen molar-refractivity contribution in [2.24, 2.45) is 0 Å². The van der Waals surface area contributed by atoms with E-state index in [0.29, 0.717) is 0 Å². The van der Waals surface area contributed by atoms with Crippen LogP contribution in [-0.2, 0) is 11.1 Å². The summed E-state index contributed by atoms with van der Waals surface area (Å²) in [5, 5.41) is 0. The van der Waals surface area contributed by atoms with Crippen molar-refractivity contribution < 1.29 is 78.3 Å². The summed E-state index contributed by atoms with van der Waals surface area (Å²) in [7, 11) is 1.10. The molecule has 0 atom stereocenters. The van der Waals surface area contributed by atoms with Crippen LogP contribution in [0.4, 0.5) is 17.3 Å². The summed E-state index contributed by atoms with van der Waals surface area (Å²) in [6.45, 7) is -5.09. The van der Waals surface area contributed by atoms with E-state index in [2.05, 4.69) is 4.74 Å². The summed E-state index contributed by atoms with van der Waals surface area (Å²) < 4.78 is 53.6. The number of esters is 1. The molecule has 2 nitrogen and oxygen atoms in total. The van der Waals surface area contributed by atoms with E-state index in [1.807, 2.05) is 0 Å². The van der Waals surface area contributed by atoms with Gasteiger partial charge in [0.2, 0.25) is 0 Å². The predicted octanol–water partition coefficient (Wildman–Crippen LogP) is -0.455. The van der Waals surface area contributed by atoms with Crippen molar-refractivity contribution in [3.05, 3.63) is 35.1 Å². The SMILES string of the molecule is COC(=O)c1ccc(C[B-](F)(F)F)c(F)c1.[K+]. The average molecular weight is 274 g/mol. The Hall–Kier alpha value is 0.111. The number of carbonyl (C=O) groups is 1. The normalized spacial score (nSPS) is 10.6. The van der Waals surface area contributed by atoms with Crippen molar-refractivity contribution >= 4 is 12.9 Å². The molecule has 1 aromatic rings. The molecule has 88 valence electrons. The molecule has 0 aliphatic rings. The van der Waals surface area contributed by atoms with Gasteiger partial charge in [0.1, 0.15) is 5.82 Å². The summed E-state index contributed by atoms with van der Waals surface area (Å²) in [6, 6.07) is 2.78. The van der Waals surface area contributed by atoms with Gasteiger partial charge in [0.25, 0.3) is 0 Å². The first-order chi connectivity index (χ1) is 7.33. The molecule has 0 amide bonds. The predicted molar refractivity (Wildman–Crippen MR) is 50.5 cm³/mol. The molecule has 8 heteroatoms. The average Bonchev–Trinajstić information content (AvgIpc) is 2.18. The van der Waals surface area contributed by atoms with Crippen LogP contribution < -0.4 is 51.4 Å². The molecule has 0 spiro atoms. The van der Waals surface area contributed by atoms with Gasteiger partial charge in [0.05, 0.1) is 12.7 Å². The van der Waals surface area contributed by atoms with E-state index in [9.17, 15) is 22.1 Å². The summed E-state index contributed by atoms with van der Waals surface area (Å²) >= 11 is 0. The van der Waals surface area contributed by atoms with Crippen LogP contribution in [0.25, 0.3) is 0 Å². The second-order valence-corrected chi connectivity index (χ2v) is 3.21. The summed E-state index contributed by atoms with van der Waals surface area (Å²) in [5.41, 5.74) is -0.585. The van der Waals surface area contributed by atoms with Gasteiger partial charge in [0.15, 0.2) is 0 Å². The zero-order valence-electron chi connectivity index (χ0n) is 9.34. The van der Waals surface area contributed by atoms with Gasteiger partial charge >= 0.3 is 64.3 Å². The molecule has 0 saturated heterocycles. The third kappa shape index (κ3) is 5.52. The van der Waals surface area contributed by atoms with Crippen LogP contribution in [0.3, 0.4) is 0 Å². The van der Waals surface area contributed by atoms with Gasteiger partial charge in [0, 0.05) is 0 Å². The molecular formula is C9H8BF4KO2. The fraction of sp³-hybridized carbons (Fsp3) is 0.222. The van der Waals surface area contributed by atoms with Crippen LogP contribution in [0.5, 0.6) is 0 Å². The van der Waals surface area contributed by atoms with Crippen LogP contribution in [0.2, 0.25) is 0 Å². The molecule has 0 aliphatic heterocycles. The van der Waals surface area contributed by atoms with Crippen molar-refractivity contribution in [2.75, 3.05) is 7.11 Å². The zero-order valence-corrected chi connectivity index (χ0v) is 12.5. The van der Waals surface area contributed by atoms with Gasteiger partial charge in [-0.1, -0.05) is 12.4 Å². The zero-order chi connectivity index (χ0) is 12.3. The van der Waals surface area contributed by atoms with Gasteiger partial charge in [-0.25, -0.2) is 9.18 Å². The van der Waals surface area contributed by atoms with E-state index >= 15 is 0 Å². The van der Waals surface area contributed by atoms with Crippen LogP contribution >= 0.6 is 0 Å². The van der Waals surface area contributed by atoms with Gasteiger partial charge < -0.3 is 17.7 Å². The molecule has 0 N–H and O–H groups in total. The molecule has 0 bridgehead atoms. The first kappa shape index (κ1) is 17.1. The largest absolute Gasteiger partial charge is 1.00 e. The molecule has 1 aromatic carbocycles. The number of rotatable bonds is 3. The van der Waals surface area contributed by atoms with Crippen LogP contribution in [0.1, 0.15) is 15.9 Å². The number of methoxy groups -OCH3 is 1. The summed E-state index contributed by atoms with van der Waals surface area (Å²) in [4.78, 5) is 11.0. The molecule has 0 unspecified atom stereocenters. The first-order valence-electron chi connectivity index (χ1n) is 4.41. The molecule has 0 heterocycles. The molecule has 0 fully saturated rings. The Balaban J connectivity index is 0.00000256. The van der Waals surface area contributed by atoms with E-state index in [-0.39, 0.29) is 56.9 Å². The Morgan fingerprint density at radius 1 is 1.35 bits per heavy atom. The van der Waals surface area contributed by atoms with Crippen molar-refractivity contribution in [1.82, 2.24) is 0 Å². The molecule has 17 heavy (non-hydrogen) atoms. The Kier molecular flexibility index (Phi) is 6.93. The third-order valence-electron chi connectivity index (χ3n) is 1.93. The van der Waals surface area contributed by atoms with Gasteiger partial charge in [-0.15, -0.1) is 0 Å². The molecule has 0 saturated carbocycles. The fourth-order valence-corrected chi connectivity index (χ4v) is 1.21. The number of ether oxygens (including phenoxy) is 1. The molecule has 0 radical (unpaired) electrons. The van der Waals surface area contributed by atoms with E-state index < -0.39 is 30.6 Å². The molecule has 0 aliphatic carbocycles. The van der Waals surface area contributed by atoms with Gasteiger partial charge in [-0.05, 0) is 17.7 Å². The quantitative estimate of drug-likeness (QED) is 0.424. The Labute approximate surface area is 138 Å². The maximum atomic E-state index is 13.2. The van der Waals surface area contributed by atoms with Crippen molar-refractivity contribution in [1.29, 1.82) is 0 Å². The second-order valence-electron chi connectivity index (χ2n) is 3.21. The number of benzene rings is 1. The number of carbonyl (C=O) groups excluding carboxylic acids is 1. The van der Waals surface area contributed by atoms with E-state index in [1.54, 1.807) is 0 Å². The van der Waals surface area contributed by atoms with E-state index in [0.717, 1.165) is 25.3 Å². The molecule has 0 aromatic heterocycles. The van der Waals surface area contributed by atoms with Crippen molar-refractivity contribution in [2.45, 2.75) is 6.32 Å². The fourth-order valence-electron chi connectivity index (χ4n) is 1.21. The third-order valence-corrected chi connectivity index (χ3v) is 1.93. The minimum atomic E-state index is -5.09. The van der Waals surface area contributed by atoms with Crippen LogP contribution in [0.15, 0.2) is 18.2 Å². The van der Waals surface area contributed by atoms with Crippen molar-refractivity contribution in [3.8, 4) is 0 Å². The first-order valence-corrected chi connectivity index (χ1v) is 4.41. The Bertz CT molecular complexity index is 408. The maximum Gasteiger partial charge on any atom is 1.00 e. The number of hydrogen-bond acceptors (Lipinski definition) is 2. The van der Waals surface area contributed by atoms with Crippen LogP contribution in [-0.4, -0.2) is 20.1 Å². The Morgan fingerprint density at radius 2 is 1.94 bits per heavy atom.